The molecule has 0 aliphatic carbocycles. The maximum absolute atomic E-state index is 14.7. The van der Waals surface area contributed by atoms with E-state index in [1.807, 2.05) is 60.7 Å². The molecule has 37 heavy (non-hydrogen) atoms. The van der Waals surface area contributed by atoms with Crippen LogP contribution in [0, 0.1) is 5.82 Å². The fraction of sp³-hybridized carbons (Fsp3) is 0.0588. The Balaban J connectivity index is 1.58. The Kier molecular flexibility index (Phi) is 7.38. The number of allylic oxidation sites excluding steroid dienone is 1. The summed E-state index contributed by atoms with van der Waals surface area (Å²) >= 11 is 8.12. The van der Waals surface area contributed by atoms with Crippen LogP contribution in [0.25, 0.3) is 6.08 Å². The van der Waals surface area contributed by atoms with E-state index < -0.39 is 5.96 Å². The van der Waals surface area contributed by atoms with Gasteiger partial charge in [-0.25, -0.2) is 0 Å². The van der Waals surface area contributed by atoms with Gasteiger partial charge in [-0.05, 0) is 0 Å². The Morgan fingerprint density at radius 1 is 0.595 bits per heavy atom. The first-order valence-corrected chi connectivity index (χ1v) is 15.8. The zero-order valence-electron chi connectivity index (χ0n) is 20.6. The molecule has 0 radical (unpaired) electrons. The zero-order valence-corrected chi connectivity index (χ0v) is 22.2. The first-order chi connectivity index (χ1) is 18.1. The second-order valence-electron chi connectivity index (χ2n) is 9.29. The van der Waals surface area contributed by atoms with Crippen molar-refractivity contribution in [1.82, 2.24) is 0 Å². The Hall–Kier alpha value is -3.51. The Labute approximate surface area is 223 Å². The molecular weight excluding hydrogens is 494 g/mol. The van der Waals surface area contributed by atoms with Crippen molar-refractivity contribution < 1.29 is 4.39 Å². The average molecular weight is 523 g/mol. The fourth-order valence-corrected chi connectivity index (χ4v) is 10.7. The summed E-state index contributed by atoms with van der Waals surface area (Å²) in [6.45, 7) is 0. The van der Waals surface area contributed by atoms with Crippen LogP contribution in [0.2, 0.25) is 0 Å². The van der Waals surface area contributed by atoms with Gasteiger partial charge in [0.1, 0.15) is 0 Å². The van der Waals surface area contributed by atoms with Crippen LogP contribution in [0.1, 0.15) is 16.7 Å². The predicted octanol–water partition coefficient (Wildman–Crippen LogP) is 8.11. The predicted molar refractivity (Wildman–Crippen MR) is 161 cm³/mol. The average Bonchev–Trinajstić information content (AvgIpc) is 2.97. The van der Waals surface area contributed by atoms with Gasteiger partial charge in [0.15, 0.2) is 0 Å². The second-order valence-corrected chi connectivity index (χ2v) is 15.8. The van der Waals surface area contributed by atoms with E-state index in [2.05, 4.69) is 84.9 Å². The molecule has 0 aromatic heterocycles. The van der Waals surface area contributed by atoms with Crippen molar-refractivity contribution in [2.75, 3.05) is 6.16 Å². The first-order valence-electron chi connectivity index (χ1n) is 12.5. The monoisotopic (exact) mass is 522 g/mol. The van der Waals surface area contributed by atoms with Gasteiger partial charge in [0.25, 0.3) is 0 Å². The Morgan fingerprint density at radius 3 is 1.54 bits per heavy atom. The van der Waals surface area contributed by atoms with Crippen LogP contribution in [-0.2, 0) is 6.42 Å². The summed E-state index contributed by atoms with van der Waals surface area (Å²) in [6, 6.07) is 46.7. The van der Waals surface area contributed by atoms with Gasteiger partial charge < -0.3 is 0 Å². The maximum atomic E-state index is 14.7. The van der Waals surface area contributed by atoms with Crippen LogP contribution in [-0.4, -0.2) is 6.16 Å². The van der Waals surface area contributed by atoms with Crippen molar-refractivity contribution in [2.24, 2.45) is 0 Å². The van der Waals surface area contributed by atoms with Crippen LogP contribution >= 0.6 is 17.2 Å². The standard InChI is InChI=1S/C34H29ClFP/c35-37(31-17-7-2-8-18-31,32-19-9-3-10-20-32,33-21-11-4-12-22-33)25-13-16-29-23-24-34(36)30(27-29)26-28-14-5-1-6-15-28/h1-24,27H,25-26H2. The number of benzene rings is 5. The molecule has 0 aliphatic heterocycles. The second kappa shape index (κ2) is 10.9. The molecule has 0 heterocycles. The van der Waals surface area contributed by atoms with E-state index in [0.29, 0.717) is 18.1 Å². The molecule has 5 aromatic rings. The van der Waals surface area contributed by atoms with Gasteiger partial charge in [-0.1, -0.05) is 0 Å². The van der Waals surface area contributed by atoms with Gasteiger partial charge in [-0.3, -0.25) is 0 Å². The molecule has 0 atom stereocenters. The van der Waals surface area contributed by atoms with Gasteiger partial charge in [-0.2, -0.15) is 0 Å². The third-order valence-corrected chi connectivity index (χ3v) is 14.1. The Morgan fingerprint density at radius 2 is 1.05 bits per heavy atom. The van der Waals surface area contributed by atoms with Crippen molar-refractivity contribution >= 4 is 39.2 Å². The van der Waals surface area contributed by atoms with Crippen molar-refractivity contribution in [3.63, 3.8) is 0 Å². The van der Waals surface area contributed by atoms with Gasteiger partial charge >= 0.3 is 224 Å². The van der Waals surface area contributed by atoms with Crippen LogP contribution < -0.4 is 15.9 Å². The summed E-state index contributed by atoms with van der Waals surface area (Å²) < 4.78 is 14.7. The topological polar surface area (TPSA) is 0 Å². The molecule has 0 amide bonds. The molecule has 184 valence electrons. The van der Waals surface area contributed by atoms with E-state index in [1.165, 1.54) is 0 Å². The fourth-order valence-electron chi connectivity index (χ4n) is 5.02. The van der Waals surface area contributed by atoms with Gasteiger partial charge in [0, 0.05) is 0 Å². The van der Waals surface area contributed by atoms with E-state index in [1.54, 1.807) is 6.07 Å². The van der Waals surface area contributed by atoms with Crippen molar-refractivity contribution in [1.29, 1.82) is 0 Å². The Bertz CT molecular complexity index is 1380. The third kappa shape index (κ3) is 5.03. The molecule has 0 saturated carbocycles. The molecule has 0 bridgehead atoms. The van der Waals surface area contributed by atoms with E-state index in [4.69, 9.17) is 11.2 Å². The van der Waals surface area contributed by atoms with E-state index in [9.17, 15) is 4.39 Å². The molecule has 0 unspecified atom stereocenters. The van der Waals surface area contributed by atoms with Crippen LogP contribution in [0.15, 0.2) is 146 Å². The molecule has 0 spiro atoms. The molecule has 3 heteroatoms. The zero-order chi connectivity index (χ0) is 25.6. The normalized spacial score (nSPS) is 12.8. The third-order valence-electron chi connectivity index (χ3n) is 6.95. The molecule has 0 nitrogen and oxygen atoms in total. The summed E-state index contributed by atoms with van der Waals surface area (Å²) in [5.41, 5.74) is 2.74. The van der Waals surface area contributed by atoms with Crippen LogP contribution in [0.5, 0.6) is 0 Å². The molecule has 0 aliphatic rings. The summed E-state index contributed by atoms with van der Waals surface area (Å²) in [4.78, 5) is 0. The quantitative estimate of drug-likeness (QED) is 0.180. The minimum atomic E-state index is -3.37. The molecule has 5 rings (SSSR count). The van der Waals surface area contributed by atoms with Crippen LogP contribution in [0.4, 0.5) is 4.39 Å². The van der Waals surface area contributed by atoms with E-state index in [0.717, 1.165) is 27.0 Å². The molecule has 0 fully saturated rings. The summed E-state index contributed by atoms with van der Waals surface area (Å²) in [7, 11) is 0. The summed E-state index contributed by atoms with van der Waals surface area (Å²) in [5.74, 6) is -3.55. The summed E-state index contributed by atoms with van der Waals surface area (Å²) in [5, 5.41) is 3.38. The number of hydrogen-bond donors (Lipinski definition) is 0. The van der Waals surface area contributed by atoms with E-state index >= 15 is 0 Å². The number of rotatable bonds is 8. The molecular formula is C34H29ClFP. The number of halogens is 2. The van der Waals surface area contributed by atoms with E-state index in [-0.39, 0.29) is 5.82 Å². The molecule has 0 N–H and O–H groups in total. The van der Waals surface area contributed by atoms with Crippen molar-refractivity contribution in [3.05, 3.63) is 168 Å². The SMILES string of the molecule is Fc1ccc(C=CCP(Cl)(c2ccccc2)(c2ccccc2)c2ccccc2)cc1Cc1ccccc1. The molecule has 0 saturated heterocycles. The van der Waals surface area contributed by atoms with Gasteiger partial charge in [0.05, 0.1) is 0 Å². The van der Waals surface area contributed by atoms with Gasteiger partial charge in [-0.15, -0.1) is 0 Å². The van der Waals surface area contributed by atoms with Gasteiger partial charge in [0.2, 0.25) is 0 Å². The van der Waals surface area contributed by atoms with Crippen molar-refractivity contribution in [3.8, 4) is 0 Å². The van der Waals surface area contributed by atoms with Crippen molar-refractivity contribution in [2.45, 2.75) is 6.42 Å². The van der Waals surface area contributed by atoms with Crippen LogP contribution in [0.3, 0.4) is 0 Å². The first kappa shape index (κ1) is 25.2. The minimum absolute atomic E-state index is 0.184. The molecule has 5 aromatic carbocycles. The summed E-state index contributed by atoms with van der Waals surface area (Å²) in [6.07, 6.45) is 5.43. The number of hydrogen-bond acceptors (Lipinski definition) is 0.